The Kier molecular flexibility index (Phi) is 4.61. The van der Waals surface area contributed by atoms with Crippen molar-refractivity contribution in [1.82, 2.24) is 0 Å². The van der Waals surface area contributed by atoms with Crippen LogP contribution >= 0.6 is 39.1 Å². The van der Waals surface area contributed by atoms with Crippen molar-refractivity contribution in [3.63, 3.8) is 0 Å². The molecule has 0 aromatic heterocycles. The average Bonchev–Trinajstić information content (AvgIpc) is 2.37. The lowest BCUT2D eigenvalue weighted by Gasteiger charge is -2.08. The van der Waals surface area contributed by atoms with E-state index < -0.39 is 5.82 Å². The molecule has 0 aliphatic carbocycles. The highest BCUT2D eigenvalue weighted by Crippen LogP contribution is 2.27. The van der Waals surface area contributed by atoms with Gasteiger partial charge in [-0.05, 0) is 39.7 Å². The van der Waals surface area contributed by atoms with Gasteiger partial charge in [0.2, 0.25) is 0 Å². The largest absolute Gasteiger partial charge is 0.294 e. The van der Waals surface area contributed by atoms with Crippen LogP contribution in [-0.2, 0) is 6.42 Å². The monoisotopic (exact) mass is 360 g/mol. The molecule has 1 nitrogen and oxygen atoms in total. The van der Waals surface area contributed by atoms with Gasteiger partial charge in [-0.25, -0.2) is 4.39 Å². The van der Waals surface area contributed by atoms with Gasteiger partial charge in [-0.15, -0.1) is 0 Å². The molecule has 0 spiro atoms. The molecule has 2 aromatic rings. The molecule has 0 fully saturated rings. The van der Waals surface area contributed by atoms with E-state index in [0.717, 1.165) is 0 Å². The van der Waals surface area contributed by atoms with E-state index in [-0.39, 0.29) is 22.2 Å². The molecule has 0 bridgehead atoms. The molecular formula is C14H8BrCl2FO. The summed E-state index contributed by atoms with van der Waals surface area (Å²) in [6.07, 6.45) is 0.0283. The Labute approximate surface area is 128 Å². The van der Waals surface area contributed by atoms with Crippen molar-refractivity contribution in [2.45, 2.75) is 6.42 Å². The zero-order valence-electron chi connectivity index (χ0n) is 9.59. The van der Waals surface area contributed by atoms with Crippen LogP contribution in [0.25, 0.3) is 0 Å². The zero-order valence-corrected chi connectivity index (χ0v) is 12.7. The number of hydrogen-bond donors (Lipinski definition) is 0. The number of carbonyl (C=O) groups excluding carboxylic acids is 1. The third-order valence-corrected chi connectivity index (χ3v) is 4.17. The molecule has 0 amide bonds. The van der Waals surface area contributed by atoms with Crippen LogP contribution in [-0.4, -0.2) is 5.78 Å². The second kappa shape index (κ2) is 6.04. The zero-order chi connectivity index (χ0) is 14.0. The van der Waals surface area contributed by atoms with E-state index in [1.807, 2.05) is 0 Å². The van der Waals surface area contributed by atoms with Crippen LogP contribution in [0.2, 0.25) is 10.0 Å². The van der Waals surface area contributed by atoms with Gasteiger partial charge in [0.15, 0.2) is 5.78 Å². The van der Waals surface area contributed by atoms with Crippen LogP contribution in [0.5, 0.6) is 0 Å². The van der Waals surface area contributed by atoms with Crippen molar-refractivity contribution >= 4 is 44.9 Å². The van der Waals surface area contributed by atoms with Gasteiger partial charge < -0.3 is 0 Å². The Bertz CT molecular complexity index is 623. The normalized spacial score (nSPS) is 10.5. The molecule has 2 aromatic carbocycles. The van der Waals surface area contributed by atoms with E-state index in [0.29, 0.717) is 15.6 Å². The minimum absolute atomic E-state index is 0.0283. The van der Waals surface area contributed by atoms with E-state index in [2.05, 4.69) is 15.9 Å². The van der Waals surface area contributed by atoms with Gasteiger partial charge in [0.1, 0.15) is 5.82 Å². The van der Waals surface area contributed by atoms with Crippen molar-refractivity contribution in [1.29, 1.82) is 0 Å². The van der Waals surface area contributed by atoms with Gasteiger partial charge in [-0.2, -0.15) is 0 Å². The molecule has 0 heterocycles. The molecule has 0 unspecified atom stereocenters. The maximum absolute atomic E-state index is 13.4. The summed E-state index contributed by atoms with van der Waals surface area (Å²) in [5, 5.41) is 0.849. The van der Waals surface area contributed by atoms with Crippen molar-refractivity contribution in [2.75, 3.05) is 0 Å². The van der Waals surface area contributed by atoms with Gasteiger partial charge >= 0.3 is 0 Å². The smallest absolute Gasteiger partial charge is 0.168 e. The summed E-state index contributed by atoms with van der Waals surface area (Å²) in [6, 6.07) is 9.36. The van der Waals surface area contributed by atoms with Crippen molar-refractivity contribution in [3.05, 3.63) is 67.9 Å². The van der Waals surface area contributed by atoms with E-state index in [9.17, 15) is 9.18 Å². The third kappa shape index (κ3) is 3.16. The summed E-state index contributed by atoms with van der Waals surface area (Å²) < 4.78 is 13.5. The minimum atomic E-state index is -0.476. The number of hydrogen-bond acceptors (Lipinski definition) is 1. The fourth-order valence-corrected chi connectivity index (χ4v) is 2.69. The molecule has 0 aliphatic rings. The predicted molar refractivity (Wildman–Crippen MR) is 78.6 cm³/mol. The molecule has 98 valence electrons. The lowest BCUT2D eigenvalue weighted by atomic mass is 10.0. The van der Waals surface area contributed by atoms with Crippen LogP contribution < -0.4 is 0 Å². The first kappa shape index (κ1) is 14.5. The summed E-state index contributed by atoms with van der Waals surface area (Å²) in [5.41, 5.74) is 0.822. The van der Waals surface area contributed by atoms with E-state index in [4.69, 9.17) is 23.2 Å². The van der Waals surface area contributed by atoms with Gasteiger partial charge in [0.25, 0.3) is 0 Å². The predicted octanol–water partition coefficient (Wildman–Crippen LogP) is 5.32. The third-order valence-electron chi connectivity index (χ3n) is 2.65. The molecule has 0 saturated carbocycles. The topological polar surface area (TPSA) is 17.1 Å². The van der Waals surface area contributed by atoms with E-state index in [1.165, 1.54) is 12.1 Å². The number of rotatable bonds is 3. The van der Waals surface area contributed by atoms with Crippen LogP contribution in [0.1, 0.15) is 15.9 Å². The Morgan fingerprint density at radius 1 is 1.11 bits per heavy atom. The van der Waals surface area contributed by atoms with Crippen molar-refractivity contribution in [2.24, 2.45) is 0 Å². The second-order valence-corrected chi connectivity index (χ2v) is 5.51. The molecule has 0 radical (unpaired) electrons. The second-order valence-electron chi connectivity index (χ2n) is 3.90. The average molecular weight is 362 g/mol. The SMILES string of the molecule is O=C(Cc1c(Cl)cccc1Cl)c1cccc(F)c1Br. The van der Waals surface area contributed by atoms with E-state index >= 15 is 0 Å². The number of benzene rings is 2. The van der Waals surface area contributed by atoms with Gasteiger partial charge in [-0.3, -0.25) is 4.79 Å². The van der Waals surface area contributed by atoms with Gasteiger partial charge in [-0.1, -0.05) is 41.4 Å². The Morgan fingerprint density at radius 3 is 2.32 bits per heavy atom. The highest BCUT2D eigenvalue weighted by molar-refractivity contribution is 9.10. The van der Waals surface area contributed by atoms with Crippen LogP contribution in [0.3, 0.4) is 0 Å². The fourth-order valence-electron chi connectivity index (χ4n) is 1.68. The molecule has 2 rings (SSSR count). The Hall–Kier alpha value is -0.900. The quantitative estimate of drug-likeness (QED) is 0.676. The summed E-state index contributed by atoms with van der Waals surface area (Å²) in [6.45, 7) is 0. The number of carbonyl (C=O) groups is 1. The van der Waals surface area contributed by atoms with Gasteiger partial charge in [0, 0.05) is 22.0 Å². The highest BCUT2D eigenvalue weighted by Gasteiger charge is 2.16. The number of Topliss-reactive ketones (excluding diaryl/α,β-unsaturated/α-hetero) is 1. The summed E-state index contributed by atoms with van der Waals surface area (Å²) >= 11 is 15.1. The molecule has 0 N–H and O–H groups in total. The van der Waals surface area contributed by atoms with Gasteiger partial charge in [0.05, 0.1) is 4.47 Å². The lowest BCUT2D eigenvalue weighted by molar-refractivity contribution is 0.0991. The highest BCUT2D eigenvalue weighted by atomic mass is 79.9. The van der Waals surface area contributed by atoms with E-state index in [1.54, 1.807) is 24.3 Å². The Morgan fingerprint density at radius 2 is 1.68 bits per heavy atom. The molecule has 0 saturated heterocycles. The molecule has 19 heavy (non-hydrogen) atoms. The first-order valence-corrected chi connectivity index (χ1v) is 6.95. The number of ketones is 1. The first-order chi connectivity index (χ1) is 9.00. The van der Waals surface area contributed by atoms with Crippen molar-refractivity contribution in [3.8, 4) is 0 Å². The molecule has 0 atom stereocenters. The Balaban J connectivity index is 2.34. The lowest BCUT2D eigenvalue weighted by Crippen LogP contribution is -2.06. The van der Waals surface area contributed by atoms with Crippen LogP contribution in [0.15, 0.2) is 40.9 Å². The summed E-state index contributed by atoms with van der Waals surface area (Å²) in [5.74, 6) is -0.725. The maximum Gasteiger partial charge on any atom is 0.168 e. The van der Waals surface area contributed by atoms with Crippen molar-refractivity contribution < 1.29 is 9.18 Å². The standard InChI is InChI=1S/C14H8BrCl2FO/c15-14-8(3-1-6-12(14)18)13(19)7-9-10(16)4-2-5-11(9)17/h1-6H,7H2. The molecule has 5 heteroatoms. The fraction of sp³-hybridized carbons (Fsp3) is 0.0714. The van der Waals surface area contributed by atoms with Crippen LogP contribution in [0.4, 0.5) is 4.39 Å². The minimum Gasteiger partial charge on any atom is -0.294 e. The molecule has 0 aliphatic heterocycles. The summed E-state index contributed by atoms with van der Waals surface area (Å²) in [4.78, 5) is 12.2. The number of halogens is 4. The first-order valence-electron chi connectivity index (χ1n) is 5.41. The maximum atomic E-state index is 13.4. The summed E-state index contributed by atoms with van der Waals surface area (Å²) in [7, 11) is 0. The molecular weight excluding hydrogens is 354 g/mol. The van der Waals surface area contributed by atoms with Crippen LogP contribution in [0, 0.1) is 5.82 Å².